The van der Waals surface area contributed by atoms with E-state index >= 15 is 0 Å². The van der Waals surface area contributed by atoms with Crippen LogP contribution >= 0.6 is 0 Å². The second-order valence-corrected chi connectivity index (χ2v) is 9.64. The maximum absolute atomic E-state index is 10.8. The normalized spacial score (nSPS) is 35.8. The van der Waals surface area contributed by atoms with E-state index in [1.165, 1.54) is 11.1 Å². The van der Waals surface area contributed by atoms with Crippen LogP contribution in [-0.4, -0.2) is 34.1 Å². The molecule has 2 aliphatic carbocycles. The van der Waals surface area contributed by atoms with Crippen molar-refractivity contribution in [3.05, 3.63) is 47.6 Å². The molecule has 0 unspecified atom stereocenters. The number of allylic oxidation sites excluding steroid dienone is 3. The summed E-state index contributed by atoms with van der Waals surface area (Å²) in [5.74, 6) is 0.835. The van der Waals surface area contributed by atoms with E-state index in [4.69, 9.17) is 0 Å². The van der Waals surface area contributed by atoms with Crippen LogP contribution in [0.1, 0.15) is 66.2 Å². The van der Waals surface area contributed by atoms with Gasteiger partial charge in [-0.05, 0) is 74.2 Å². The van der Waals surface area contributed by atoms with E-state index in [0.29, 0.717) is 12.3 Å². The van der Waals surface area contributed by atoms with Crippen molar-refractivity contribution >= 4 is 0 Å². The SMILES string of the molecule is C=C1CCC=C(C)C[C@H](O)C=C(CO)C=C[C@@H]2[C@@H](C(C)C)[C@H](O)C[C@@]2(C)CC1. The molecule has 3 nitrogen and oxygen atoms in total. The third-order valence-electron chi connectivity index (χ3n) is 6.79. The van der Waals surface area contributed by atoms with E-state index in [1.54, 1.807) is 6.08 Å². The van der Waals surface area contributed by atoms with Crippen molar-refractivity contribution in [2.24, 2.45) is 23.2 Å². The first-order valence-corrected chi connectivity index (χ1v) is 10.8. The first-order chi connectivity index (χ1) is 13.2. The van der Waals surface area contributed by atoms with Gasteiger partial charge in [-0.2, -0.15) is 0 Å². The quantitative estimate of drug-likeness (QED) is 0.587. The molecular weight excluding hydrogens is 348 g/mol. The summed E-state index contributed by atoms with van der Waals surface area (Å²) in [5, 5.41) is 31.0. The molecule has 2 aliphatic rings. The van der Waals surface area contributed by atoms with Gasteiger partial charge in [-0.1, -0.05) is 62.8 Å². The van der Waals surface area contributed by atoms with Gasteiger partial charge >= 0.3 is 0 Å². The maximum Gasteiger partial charge on any atom is 0.0764 e. The Kier molecular flexibility index (Phi) is 8.30. The highest BCUT2D eigenvalue weighted by Gasteiger charge is 2.49. The topological polar surface area (TPSA) is 60.7 Å². The lowest BCUT2D eigenvalue weighted by Crippen LogP contribution is -2.28. The summed E-state index contributed by atoms with van der Waals surface area (Å²) >= 11 is 0. The van der Waals surface area contributed by atoms with Crippen molar-refractivity contribution < 1.29 is 15.3 Å². The molecule has 0 aromatic carbocycles. The molecule has 1 saturated carbocycles. The van der Waals surface area contributed by atoms with E-state index in [1.807, 2.05) is 13.0 Å². The van der Waals surface area contributed by atoms with E-state index in [0.717, 1.165) is 37.7 Å². The lowest BCUT2D eigenvalue weighted by atomic mass is 9.71. The highest BCUT2D eigenvalue weighted by molar-refractivity contribution is 5.24. The number of rotatable bonds is 2. The molecule has 28 heavy (non-hydrogen) atoms. The number of hydrogen-bond donors (Lipinski definition) is 3. The van der Waals surface area contributed by atoms with Gasteiger partial charge in [0.25, 0.3) is 0 Å². The molecule has 0 radical (unpaired) electrons. The molecule has 2 rings (SSSR count). The molecule has 0 bridgehead atoms. The van der Waals surface area contributed by atoms with Crippen LogP contribution in [0, 0.1) is 23.2 Å². The lowest BCUT2D eigenvalue weighted by Gasteiger charge is -2.34. The zero-order chi connectivity index (χ0) is 20.9. The second kappa shape index (κ2) is 10.0. The van der Waals surface area contributed by atoms with E-state index in [2.05, 4.69) is 39.5 Å². The standard InChI is InChI=1S/C25H40O3/c1-17(2)24-22-10-9-20(16-26)14-21(27)13-19(4)8-6-7-18(3)11-12-25(22,5)15-23(24)28/h8-10,14,17,21-24,26-28H,3,6-7,11-13,15-16H2,1-2,4-5H3/t21-,22+,23+,24+,25+/m0/s1. The van der Waals surface area contributed by atoms with Crippen LogP contribution in [-0.2, 0) is 0 Å². The van der Waals surface area contributed by atoms with Crippen molar-refractivity contribution in [3.8, 4) is 0 Å². The number of aliphatic hydroxyl groups excluding tert-OH is 3. The molecule has 0 aromatic heterocycles. The Morgan fingerprint density at radius 2 is 1.96 bits per heavy atom. The Labute approximate surface area is 171 Å². The Balaban J connectivity index is 2.39. The van der Waals surface area contributed by atoms with Gasteiger partial charge in [0.05, 0.1) is 18.8 Å². The van der Waals surface area contributed by atoms with Crippen LogP contribution in [0.4, 0.5) is 0 Å². The first kappa shape index (κ1) is 23.1. The molecule has 3 N–H and O–H groups in total. The minimum absolute atomic E-state index is 0.0128. The van der Waals surface area contributed by atoms with Crippen molar-refractivity contribution in [3.63, 3.8) is 0 Å². The molecule has 0 amide bonds. The maximum atomic E-state index is 10.8. The number of fused-ring (bicyclic) bond motifs is 1. The summed E-state index contributed by atoms with van der Waals surface area (Å²) in [4.78, 5) is 0. The highest BCUT2D eigenvalue weighted by Crippen LogP contribution is 2.53. The third-order valence-corrected chi connectivity index (χ3v) is 6.79. The fourth-order valence-corrected chi connectivity index (χ4v) is 5.16. The minimum atomic E-state index is -0.599. The summed E-state index contributed by atoms with van der Waals surface area (Å²) in [6, 6.07) is 0. The van der Waals surface area contributed by atoms with Crippen LogP contribution in [0.3, 0.4) is 0 Å². The van der Waals surface area contributed by atoms with E-state index in [9.17, 15) is 15.3 Å². The molecule has 0 aromatic rings. The van der Waals surface area contributed by atoms with Gasteiger partial charge in [0, 0.05) is 0 Å². The van der Waals surface area contributed by atoms with Crippen molar-refractivity contribution in [1.82, 2.24) is 0 Å². The average Bonchev–Trinajstić information content (AvgIpc) is 2.86. The largest absolute Gasteiger partial charge is 0.393 e. The van der Waals surface area contributed by atoms with Crippen LogP contribution in [0.2, 0.25) is 0 Å². The molecule has 5 atom stereocenters. The molecule has 0 spiro atoms. The third kappa shape index (κ3) is 5.92. The molecule has 158 valence electrons. The van der Waals surface area contributed by atoms with E-state index < -0.39 is 6.10 Å². The predicted octanol–water partition coefficient (Wildman–Crippen LogP) is 4.95. The zero-order valence-corrected chi connectivity index (χ0v) is 18.2. The van der Waals surface area contributed by atoms with Gasteiger partial charge in [0.2, 0.25) is 0 Å². The van der Waals surface area contributed by atoms with Gasteiger partial charge in [-0.15, -0.1) is 0 Å². The smallest absolute Gasteiger partial charge is 0.0764 e. The Hall–Kier alpha value is -1.16. The monoisotopic (exact) mass is 388 g/mol. The van der Waals surface area contributed by atoms with Crippen molar-refractivity contribution in [2.45, 2.75) is 78.4 Å². The second-order valence-electron chi connectivity index (χ2n) is 9.64. The molecule has 1 fully saturated rings. The van der Waals surface area contributed by atoms with Crippen molar-refractivity contribution in [2.75, 3.05) is 6.61 Å². The van der Waals surface area contributed by atoms with Crippen molar-refractivity contribution in [1.29, 1.82) is 0 Å². The lowest BCUT2D eigenvalue weighted by molar-refractivity contribution is 0.0967. The molecule has 0 heterocycles. The van der Waals surface area contributed by atoms with Crippen LogP contribution in [0.5, 0.6) is 0 Å². The minimum Gasteiger partial charge on any atom is -0.393 e. The number of aliphatic hydroxyl groups is 3. The molecule has 0 aliphatic heterocycles. The fourth-order valence-electron chi connectivity index (χ4n) is 5.16. The van der Waals surface area contributed by atoms with Crippen LogP contribution in [0.25, 0.3) is 0 Å². The first-order valence-electron chi connectivity index (χ1n) is 10.8. The summed E-state index contributed by atoms with van der Waals surface area (Å²) < 4.78 is 0. The zero-order valence-electron chi connectivity index (χ0n) is 18.2. The Morgan fingerprint density at radius 1 is 1.25 bits per heavy atom. The summed E-state index contributed by atoms with van der Waals surface area (Å²) in [6.07, 6.45) is 12.5. The molecule has 3 heteroatoms. The van der Waals surface area contributed by atoms with Gasteiger partial charge < -0.3 is 15.3 Å². The summed E-state index contributed by atoms with van der Waals surface area (Å²) in [6.45, 7) is 12.9. The number of hydrogen-bond acceptors (Lipinski definition) is 3. The molecule has 0 saturated heterocycles. The van der Waals surface area contributed by atoms with Crippen LogP contribution in [0.15, 0.2) is 47.6 Å². The van der Waals surface area contributed by atoms with E-state index in [-0.39, 0.29) is 30.0 Å². The van der Waals surface area contributed by atoms with Gasteiger partial charge in [-0.3, -0.25) is 0 Å². The Bertz CT molecular complexity index is 628. The summed E-state index contributed by atoms with van der Waals surface area (Å²) in [7, 11) is 0. The predicted molar refractivity (Wildman–Crippen MR) is 117 cm³/mol. The highest BCUT2D eigenvalue weighted by atomic mass is 16.3. The van der Waals surface area contributed by atoms with Gasteiger partial charge in [0.15, 0.2) is 0 Å². The fraction of sp³-hybridized carbons (Fsp3) is 0.680. The van der Waals surface area contributed by atoms with Crippen LogP contribution < -0.4 is 0 Å². The Morgan fingerprint density at radius 3 is 2.61 bits per heavy atom. The van der Waals surface area contributed by atoms with Gasteiger partial charge in [-0.25, -0.2) is 0 Å². The summed E-state index contributed by atoms with van der Waals surface area (Å²) in [5.41, 5.74) is 3.18. The molecular formula is C25H40O3. The average molecular weight is 389 g/mol. The van der Waals surface area contributed by atoms with Gasteiger partial charge in [0.1, 0.15) is 0 Å².